The van der Waals surface area contributed by atoms with Gasteiger partial charge in [0, 0.05) is 6.54 Å². The Hall–Kier alpha value is -1.91. The summed E-state index contributed by atoms with van der Waals surface area (Å²) in [5, 5.41) is 2.96. The first kappa shape index (κ1) is 16.5. The van der Waals surface area contributed by atoms with Gasteiger partial charge in [0.05, 0.1) is 16.6 Å². The molecule has 0 saturated carbocycles. The van der Waals surface area contributed by atoms with E-state index in [9.17, 15) is 9.18 Å². The lowest BCUT2D eigenvalue weighted by atomic mass is 10.1. The first-order chi connectivity index (χ1) is 10.5. The van der Waals surface area contributed by atoms with Gasteiger partial charge in [-0.05, 0) is 37.9 Å². The van der Waals surface area contributed by atoms with E-state index in [0.717, 1.165) is 11.6 Å². The number of amides is 1. The van der Waals surface area contributed by atoms with Gasteiger partial charge in [-0.15, -0.1) is 0 Å². The van der Waals surface area contributed by atoms with Crippen LogP contribution in [0, 0.1) is 5.82 Å². The molecule has 0 fully saturated rings. The van der Waals surface area contributed by atoms with Crippen molar-refractivity contribution >= 4 is 17.5 Å². The van der Waals surface area contributed by atoms with Gasteiger partial charge in [0.15, 0.2) is 0 Å². The van der Waals surface area contributed by atoms with Gasteiger partial charge in [-0.1, -0.05) is 41.9 Å². The van der Waals surface area contributed by atoms with E-state index in [1.807, 2.05) is 49.3 Å². The van der Waals surface area contributed by atoms with Crippen LogP contribution in [-0.2, 0) is 0 Å². The molecule has 22 heavy (non-hydrogen) atoms. The van der Waals surface area contributed by atoms with Crippen molar-refractivity contribution in [1.82, 2.24) is 10.2 Å². The van der Waals surface area contributed by atoms with Crippen LogP contribution in [0.1, 0.15) is 22.0 Å². The van der Waals surface area contributed by atoms with Crippen molar-refractivity contribution in [2.24, 2.45) is 0 Å². The molecule has 1 amide bonds. The number of halogens is 2. The summed E-state index contributed by atoms with van der Waals surface area (Å²) in [7, 11) is 3.91. The maximum atomic E-state index is 13.0. The molecule has 1 unspecified atom stereocenters. The van der Waals surface area contributed by atoms with Gasteiger partial charge in [-0.3, -0.25) is 4.79 Å². The first-order valence-corrected chi connectivity index (χ1v) is 7.31. The van der Waals surface area contributed by atoms with Crippen molar-refractivity contribution in [3.63, 3.8) is 0 Å². The average molecular weight is 321 g/mol. The van der Waals surface area contributed by atoms with Crippen LogP contribution in [0.15, 0.2) is 48.5 Å². The summed E-state index contributed by atoms with van der Waals surface area (Å²) in [6.07, 6.45) is 0. The fraction of sp³-hybridized carbons (Fsp3) is 0.235. The lowest BCUT2D eigenvalue weighted by Gasteiger charge is -2.25. The Morgan fingerprint density at radius 3 is 2.50 bits per heavy atom. The summed E-state index contributed by atoms with van der Waals surface area (Å²) in [4.78, 5) is 14.2. The molecule has 1 atom stereocenters. The van der Waals surface area contributed by atoms with Crippen molar-refractivity contribution in [3.05, 3.63) is 70.5 Å². The van der Waals surface area contributed by atoms with Crippen LogP contribution in [0.5, 0.6) is 0 Å². The Morgan fingerprint density at radius 1 is 1.23 bits per heavy atom. The number of hydrogen-bond acceptors (Lipinski definition) is 2. The SMILES string of the molecule is CN(C)C(CNC(=O)c1ccc(F)cc1Cl)c1ccccc1. The minimum absolute atomic E-state index is 0.0457. The van der Waals surface area contributed by atoms with Crippen molar-refractivity contribution in [2.75, 3.05) is 20.6 Å². The average Bonchev–Trinajstić information content (AvgIpc) is 2.48. The highest BCUT2D eigenvalue weighted by atomic mass is 35.5. The molecule has 116 valence electrons. The van der Waals surface area contributed by atoms with Gasteiger partial charge in [0.2, 0.25) is 0 Å². The maximum absolute atomic E-state index is 13.0. The molecule has 2 aromatic rings. The largest absolute Gasteiger partial charge is 0.350 e. The number of nitrogens with zero attached hydrogens (tertiary/aromatic N) is 1. The summed E-state index contributed by atoms with van der Waals surface area (Å²) in [5.41, 5.74) is 1.38. The molecule has 1 N–H and O–H groups in total. The molecule has 0 aliphatic heterocycles. The van der Waals surface area contributed by atoms with Crippen LogP contribution in [0.4, 0.5) is 4.39 Å². The molecule has 0 aliphatic rings. The number of likely N-dealkylation sites (N-methyl/N-ethyl adjacent to an activating group) is 1. The third kappa shape index (κ3) is 4.06. The minimum atomic E-state index is -0.461. The number of hydrogen-bond donors (Lipinski definition) is 1. The predicted molar refractivity (Wildman–Crippen MR) is 86.6 cm³/mol. The van der Waals surface area contributed by atoms with Crippen molar-refractivity contribution < 1.29 is 9.18 Å². The fourth-order valence-corrected chi connectivity index (χ4v) is 2.49. The lowest BCUT2D eigenvalue weighted by molar-refractivity contribution is 0.0942. The second-order valence-corrected chi connectivity index (χ2v) is 5.63. The fourth-order valence-electron chi connectivity index (χ4n) is 2.23. The van der Waals surface area contributed by atoms with Crippen LogP contribution in [0.2, 0.25) is 5.02 Å². The van der Waals surface area contributed by atoms with Crippen LogP contribution < -0.4 is 5.32 Å². The molecule has 0 heterocycles. The molecule has 0 saturated heterocycles. The monoisotopic (exact) mass is 320 g/mol. The first-order valence-electron chi connectivity index (χ1n) is 6.93. The maximum Gasteiger partial charge on any atom is 0.252 e. The van der Waals surface area contributed by atoms with Crippen molar-refractivity contribution in [2.45, 2.75) is 6.04 Å². The highest BCUT2D eigenvalue weighted by Gasteiger charge is 2.17. The number of carbonyl (C=O) groups is 1. The van der Waals surface area contributed by atoms with Gasteiger partial charge in [-0.2, -0.15) is 0 Å². The zero-order valence-corrected chi connectivity index (χ0v) is 13.3. The second kappa shape index (κ2) is 7.38. The quantitative estimate of drug-likeness (QED) is 0.914. The zero-order chi connectivity index (χ0) is 16.1. The Morgan fingerprint density at radius 2 is 1.91 bits per heavy atom. The van der Waals surface area contributed by atoms with E-state index in [0.29, 0.717) is 6.54 Å². The molecular weight excluding hydrogens is 303 g/mol. The standard InChI is InChI=1S/C17H18ClFN2O/c1-21(2)16(12-6-4-3-5-7-12)11-20-17(22)14-9-8-13(19)10-15(14)18/h3-10,16H,11H2,1-2H3,(H,20,22). The number of rotatable bonds is 5. The van der Waals surface area contributed by atoms with Gasteiger partial charge >= 0.3 is 0 Å². The van der Waals surface area contributed by atoms with Crippen LogP contribution in [0.25, 0.3) is 0 Å². The van der Waals surface area contributed by atoms with E-state index in [2.05, 4.69) is 5.32 Å². The van der Waals surface area contributed by atoms with Gasteiger partial charge in [0.1, 0.15) is 5.82 Å². The van der Waals surface area contributed by atoms with E-state index in [-0.39, 0.29) is 22.5 Å². The van der Waals surface area contributed by atoms with Crippen LogP contribution >= 0.6 is 11.6 Å². The molecular formula is C17H18ClFN2O. The predicted octanol–water partition coefficient (Wildman–Crippen LogP) is 3.51. The second-order valence-electron chi connectivity index (χ2n) is 5.22. The van der Waals surface area contributed by atoms with Gasteiger partial charge in [0.25, 0.3) is 5.91 Å². The Bertz CT molecular complexity index is 646. The third-order valence-corrected chi connectivity index (χ3v) is 3.75. The molecule has 5 heteroatoms. The molecule has 2 rings (SSSR count). The summed E-state index contributed by atoms with van der Waals surface area (Å²) < 4.78 is 13.0. The molecule has 0 spiro atoms. The normalized spacial score (nSPS) is 12.2. The third-order valence-electron chi connectivity index (χ3n) is 3.44. The Balaban J connectivity index is 2.08. The van der Waals surface area contributed by atoms with Gasteiger partial charge < -0.3 is 10.2 Å². The molecule has 3 nitrogen and oxygen atoms in total. The molecule has 2 aromatic carbocycles. The van der Waals surface area contributed by atoms with Crippen molar-refractivity contribution in [3.8, 4) is 0 Å². The topological polar surface area (TPSA) is 32.3 Å². The molecule has 0 aromatic heterocycles. The molecule has 0 radical (unpaired) electrons. The zero-order valence-electron chi connectivity index (χ0n) is 12.5. The van der Waals surface area contributed by atoms with E-state index in [1.54, 1.807) is 0 Å². The summed E-state index contributed by atoms with van der Waals surface area (Å²) >= 11 is 5.91. The van der Waals surface area contributed by atoms with Gasteiger partial charge in [-0.25, -0.2) is 4.39 Å². The number of benzene rings is 2. The summed E-state index contributed by atoms with van der Waals surface area (Å²) in [6, 6.07) is 13.7. The number of nitrogens with one attached hydrogen (secondary N) is 1. The van der Waals surface area contributed by atoms with E-state index in [1.165, 1.54) is 12.1 Å². The highest BCUT2D eigenvalue weighted by molar-refractivity contribution is 6.33. The smallest absolute Gasteiger partial charge is 0.252 e. The molecule has 0 aliphatic carbocycles. The Labute approximate surface area is 134 Å². The van der Waals surface area contributed by atoms with Crippen LogP contribution in [0.3, 0.4) is 0 Å². The highest BCUT2D eigenvalue weighted by Crippen LogP contribution is 2.19. The van der Waals surface area contributed by atoms with Crippen molar-refractivity contribution in [1.29, 1.82) is 0 Å². The summed E-state index contributed by atoms with van der Waals surface area (Å²) in [6.45, 7) is 0.434. The molecule has 0 bridgehead atoms. The van der Waals surface area contributed by atoms with E-state index in [4.69, 9.17) is 11.6 Å². The Kier molecular flexibility index (Phi) is 5.52. The summed E-state index contributed by atoms with van der Waals surface area (Å²) in [5.74, 6) is -0.773. The number of carbonyl (C=O) groups excluding carboxylic acids is 1. The minimum Gasteiger partial charge on any atom is -0.350 e. The van der Waals surface area contributed by atoms with E-state index < -0.39 is 5.82 Å². The lowest BCUT2D eigenvalue weighted by Crippen LogP contribution is -2.34. The van der Waals surface area contributed by atoms with E-state index >= 15 is 0 Å². The van der Waals surface area contributed by atoms with Crippen LogP contribution in [-0.4, -0.2) is 31.4 Å².